The number of aliphatic carboxylic acids is 1. The molecule has 0 aliphatic rings. The van der Waals surface area contributed by atoms with Crippen LogP contribution < -0.4 is 10.6 Å². The fraction of sp³-hybridized carbons (Fsp3) is 0.700. The van der Waals surface area contributed by atoms with E-state index in [2.05, 4.69) is 20.6 Å². The summed E-state index contributed by atoms with van der Waals surface area (Å²) >= 11 is 0. The predicted molar refractivity (Wildman–Crippen MR) is 212 cm³/mol. The number of unbranched alkanes of at least 4 members (excludes halogenated alkanes) is 1. The van der Waals surface area contributed by atoms with Crippen molar-refractivity contribution in [1.29, 1.82) is 0 Å². The lowest BCUT2D eigenvalue weighted by Crippen LogP contribution is -2.53. The molecule has 18 heteroatoms. The third-order valence-electron chi connectivity index (χ3n) is 7.63. The number of nitrogens with zero attached hydrogens (tertiary/aromatic N) is 5. The van der Waals surface area contributed by atoms with E-state index in [9.17, 15) is 33.9 Å². The first-order valence-corrected chi connectivity index (χ1v) is 19.5. The van der Waals surface area contributed by atoms with Gasteiger partial charge in [0.05, 0.1) is 13.1 Å². The molecule has 0 fully saturated rings. The Morgan fingerprint density at radius 2 is 1.03 bits per heavy atom. The molecule has 2 heterocycles. The van der Waals surface area contributed by atoms with Crippen molar-refractivity contribution in [2.24, 2.45) is 0 Å². The highest BCUT2D eigenvalue weighted by Gasteiger charge is 2.31. The Bertz CT molecular complexity index is 1620. The van der Waals surface area contributed by atoms with Crippen molar-refractivity contribution >= 4 is 35.9 Å². The number of urea groups is 1. The van der Waals surface area contributed by atoms with Gasteiger partial charge in [-0.05, 0) is 115 Å². The second-order valence-electron chi connectivity index (χ2n) is 18.0. The number of carboxylic acid groups (broad SMARTS) is 1. The van der Waals surface area contributed by atoms with Gasteiger partial charge in [0.25, 0.3) is 0 Å². The first-order chi connectivity index (χ1) is 26.6. The Balaban J connectivity index is 2.28. The van der Waals surface area contributed by atoms with E-state index in [-0.39, 0.29) is 39.0 Å². The van der Waals surface area contributed by atoms with Crippen LogP contribution in [0.25, 0.3) is 0 Å². The van der Waals surface area contributed by atoms with Gasteiger partial charge >= 0.3 is 35.9 Å². The molecule has 0 unspecified atom stereocenters. The zero-order valence-electron chi connectivity index (χ0n) is 36.3. The Labute approximate surface area is 341 Å². The standard InChI is InChI=1S/C40H65N7O11/c1-37(2,3)55-32(50)25-46-21-18-41-29(46)23-45(24-30-42-19-22-47(30)26-33(51)56-38(4,5)6)20-14-13-15-27(34(52)57-39(7,8)9)43-36(54)44-28(16-17-31(48)49)35(53)58-40(10,11)12/h18-19,21-22,27-28H,13-17,20,23-26H2,1-12H3,(H,48,49)(H2,43,44,54)/t27-,28-/m0/s1. The van der Waals surface area contributed by atoms with Gasteiger partial charge in [0.2, 0.25) is 0 Å². The summed E-state index contributed by atoms with van der Waals surface area (Å²) in [5.41, 5.74) is -3.09. The quantitative estimate of drug-likeness (QED) is 0.0950. The van der Waals surface area contributed by atoms with Crippen LogP contribution in [0.2, 0.25) is 0 Å². The number of hydrogen-bond acceptors (Lipinski definition) is 13. The van der Waals surface area contributed by atoms with Gasteiger partial charge in [0.1, 0.15) is 59.2 Å². The van der Waals surface area contributed by atoms with Crippen molar-refractivity contribution in [3.63, 3.8) is 0 Å². The molecule has 58 heavy (non-hydrogen) atoms. The highest BCUT2D eigenvalue weighted by molar-refractivity contribution is 5.87. The molecular formula is C40H65N7O11. The van der Waals surface area contributed by atoms with Gasteiger partial charge in [0.15, 0.2) is 0 Å². The number of carbonyl (C=O) groups is 6. The van der Waals surface area contributed by atoms with Crippen LogP contribution >= 0.6 is 0 Å². The second kappa shape index (κ2) is 21.1. The average molecular weight is 820 g/mol. The monoisotopic (exact) mass is 819 g/mol. The van der Waals surface area contributed by atoms with Gasteiger partial charge in [0, 0.05) is 31.2 Å². The molecule has 2 aromatic rings. The van der Waals surface area contributed by atoms with Crippen LogP contribution in [-0.2, 0) is 69.1 Å². The minimum Gasteiger partial charge on any atom is -0.481 e. The lowest BCUT2D eigenvalue weighted by molar-refractivity contribution is -0.158. The van der Waals surface area contributed by atoms with Gasteiger partial charge in [-0.2, -0.15) is 0 Å². The number of amides is 2. The number of aromatic nitrogens is 4. The molecule has 2 atom stereocenters. The molecule has 0 saturated heterocycles. The van der Waals surface area contributed by atoms with Crippen LogP contribution in [0.4, 0.5) is 4.79 Å². The van der Waals surface area contributed by atoms with Crippen molar-refractivity contribution in [2.75, 3.05) is 6.54 Å². The summed E-state index contributed by atoms with van der Waals surface area (Å²) in [6.07, 6.45) is 7.04. The molecule has 18 nitrogen and oxygen atoms in total. The fourth-order valence-corrected chi connectivity index (χ4v) is 5.46. The predicted octanol–water partition coefficient (Wildman–Crippen LogP) is 4.52. The van der Waals surface area contributed by atoms with Crippen LogP contribution in [0.15, 0.2) is 24.8 Å². The smallest absolute Gasteiger partial charge is 0.329 e. The molecule has 2 aromatic heterocycles. The van der Waals surface area contributed by atoms with Crippen molar-refractivity contribution in [1.82, 2.24) is 34.6 Å². The van der Waals surface area contributed by atoms with E-state index >= 15 is 0 Å². The van der Waals surface area contributed by atoms with E-state index in [0.29, 0.717) is 31.0 Å². The zero-order valence-corrected chi connectivity index (χ0v) is 36.3. The summed E-state index contributed by atoms with van der Waals surface area (Å²) in [7, 11) is 0. The number of imidazole rings is 2. The van der Waals surface area contributed by atoms with Crippen LogP contribution in [-0.4, -0.2) is 106 Å². The number of carboxylic acids is 1. The van der Waals surface area contributed by atoms with Crippen LogP contribution in [0.3, 0.4) is 0 Å². The molecule has 2 amide bonds. The SMILES string of the molecule is CC(C)(C)OC(=O)Cn1ccnc1CN(CCCC[C@H](NC(=O)N[C@@H](CCC(=O)O)C(=O)OC(C)(C)C)C(=O)OC(C)(C)C)Cc1nccn1CC(=O)OC(C)(C)C. The largest absolute Gasteiger partial charge is 0.481 e. The van der Waals surface area contributed by atoms with Crippen molar-refractivity contribution in [2.45, 2.75) is 176 Å². The Kier molecular flexibility index (Phi) is 17.9. The first kappa shape index (κ1) is 49.1. The summed E-state index contributed by atoms with van der Waals surface area (Å²) in [5.74, 6) is -2.32. The maximum Gasteiger partial charge on any atom is 0.329 e. The summed E-state index contributed by atoms with van der Waals surface area (Å²) < 4.78 is 25.4. The molecular weight excluding hydrogens is 754 g/mol. The molecule has 0 spiro atoms. The molecule has 0 aliphatic carbocycles. The van der Waals surface area contributed by atoms with Crippen LogP contribution in [0.1, 0.15) is 127 Å². The summed E-state index contributed by atoms with van der Waals surface area (Å²) in [4.78, 5) is 87.2. The van der Waals surface area contributed by atoms with Crippen molar-refractivity contribution < 1.29 is 52.8 Å². The number of ether oxygens (including phenoxy) is 4. The molecule has 0 saturated carbocycles. The van der Waals surface area contributed by atoms with Crippen LogP contribution in [0, 0.1) is 0 Å². The van der Waals surface area contributed by atoms with Gasteiger partial charge in [-0.1, -0.05) is 0 Å². The van der Waals surface area contributed by atoms with Crippen LogP contribution in [0.5, 0.6) is 0 Å². The Hall–Kier alpha value is -5.00. The maximum atomic E-state index is 13.4. The van der Waals surface area contributed by atoms with Crippen molar-refractivity contribution in [3.8, 4) is 0 Å². The topological polar surface area (TPSA) is 223 Å². The summed E-state index contributed by atoms with van der Waals surface area (Å²) in [6.45, 7) is 21.7. The molecule has 326 valence electrons. The Morgan fingerprint density at radius 3 is 1.41 bits per heavy atom. The van der Waals surface area contributed by atoms with Gasteiger partial charge in [-0.25, -0.2) is 24.4 Å². The molecule has 3 N–H and O–H groups in total. The average Bonchev–Trinajstić information content (AvgIpc) is 3.65. The van der Waals surface area contributed by atoms with E-state index in [1.807, 2.05) is 4.90 Å². The summed E-state index contributed by atoms with van der Waals surface area (Å²) in [6, 6.07) is -3.27. The highest BCUT2D eigenvalue weighted by atomic mass is 16.6. The third kappa shape index (κ3) is 20.4. The minimum absolute atomic E-state index is 0.0515. The molecule has 0 radical (unpaired) electrons. The highest BCUT2D eigenvalue weighted by Crippen LogP contribution is 2.17. The van der Waals surface area contributed by atoms with Gasteiger partial charge in [-0.15, -0.1) is 0 Å². The normalized spacial score (nSPS) is 13.3. The molecule has 2 rings (SSSR count). The minimum atomic E-state index is -1.28. The second-order valence-corrected chi connectivity index (χ2v) is 18.0. The molecule has 0 bridgehead atoms. The van der Waals surface area contributed by atoms with Gasteiger partial charge < -0.3 is 43.8 Å². The van der Waals surface area contributed by atoms with E-state index in [1.54, 1.807) is 117 Å². The number of hydrogen-bond donors (Lipinski definition) is 3. The third-order valence-corrected chi connectivity index (χ3v) is 7.63. The van der Waals surface area contributed by atoms with E-state index < -0.39 is 76.8 Å². The van der Waals surface area contributed by atoms with E-state index in [4.69, 9.17) is 18.9 Å². The van der Waals surface area contributed by atoms with Crippen molar-refractivity contribution in [3.05, 3.63) is 36.4 Å². The number of nitrogens with one attached hydrogen (secondary N) is 2. The molecule has 0 aromatic carbocycles. The van der Waals surface area contributed by atoms with Gasteiger partial charge in [-0.3, -0.25) is 19.3 Å². The first-order valence-electron chi connectivity index (χ1n) is 19.5. The summed E-state index contributed by atoms with van der Waals surface area (Å²) in [5, 5.41) is 14.3. The molecule has 0 aliphatic heterocycles. The van der Waals surface area contributed by atoms with E-state index in [1.165, 1.54) is 0 Å². The Morgan fingerprint density at radius 1 is 0.638 bits per heavy atom. The fourth-order valence-electron chi connectivity index (χ4n) is 5.46. The number of carbonyl (C=O) groups excluding carboxylic acids is 5. The number of rotatable bonds is 20. The van der Waals surface area contributed by atoms with E-state index in [0.717, 1.165) is 0 Å². The zero-order chi connectivity index (χ0) is 44.1. The maximum absolute atomic E-state index is 13.4. The lowest BCUT2D eigenvalue weighted by atomic mass is 10.1. The number of esters is 4. The lowest BCUT2D eigenvalue weighted by Gasteiger charge is -2.27.